The number of nitrogens with zero attached hydrogens (tertiary/aromatic N) is 5. The van der Waals surface area contributed by atoms with E-state index >= 15 is 0 Å². The Balaban J connectivity index is 1.50. The molecule has 0 saturated carbocycles. The third kappa shape index (κ3) is 4.72. The van der Waals surface area contributed by atoms with E-state index in [2.05, 4.69) is 17.1 Å². The maximum absolute atomic E-state index is 12.4. The van der Waals surface area contributed by atoms with Gasteiger partial charge >= 0.3 is 0 Å². The van der Waals surface area contributed by atoms with E-state index in [0.717, 1.165) is 33.5 Å². The number of carbonyl (C=O) groups is 1. The molecule has 0 aliphatic rings. The number of aryl methyl sites for hydroxylation is 2. The van der Waals surface area contributed by atoms with Crippen LogP contribution in [0.5, 0.6) is 0 Å². The van der Waals surface area contributed by atoms with Gasteiger partial charge in [0.05, 0.1) is 11.4 Å². The van der Waals surface area contributed by atoms with Gasteiger partial charge in [0, 0.05) is 35.7 Å². The molecule has 0 radical (unpaired) electrons. The van der Waals surface area contributed by atoms with Gasteiger partial charge in [0.25, 0.3) is 0 Å². The molecule has 0 aliphatic carbocycles. The summed E-state index contributed by atoms with van der Waals surface area (Å²) in [4.78, 5) is 18.8. The van der Waals surface area contributed by atoms with Crippen molar-refractivity contribution in [1.29, 1.82) is 0 Å². The predicted molar refractivity (Wildman–Crippen MR) is 132 cm³/mol. The molecule has 0 N–H and O–H groups in total. The highest BCUT2D eigenvalue weighted by molar-refractivity contribution is 7.98. The summed E-state index contributed by atoms with van der Waals surface area (Å²) in [7, 11) is 1.94. The van der Waals surface area contributed by atoms with Gasteiger partial charge in [0.15, 0.2) is 16.1 Å². The Labute approximate surface area is 200 Å². The van der Waals surface area contributed by atoms with Gasteiger partial charge in [-0.2, -0.15) is 0 Å². The van der Waals surface area contributed by atoms with E-state index in [9.17, 15) is 4.79 Å². The lowest BCUT2D eigenvalue weighted by Gasteiger charge is -2.19. The standard InChI is InChI=1S/C23H22ClN5OS2/c1-14-5-10-20(11-15(14)2)29(16(3)30)22-25-19(12-31-22)13-32-23-27-26-21(28(23)4)17-6-8-18(24)9-7-17/h5-12H,13H2,1-4H3. The summed E-state index contributed by atoms with van der Waals surface area (Å²) < 4.78 is 1.96. The lowest BCUT2D eigenvalue weighted by molar-refractivity contribution is -0.115. The largest absolute Gasteiger partial charge is 0.305 e. The molecule has 0 spiro atoms. The third-order valence-corrected chi connectivity index (χ3v) is 7.26. The van der Waals surface area contributed by atoms with Gasteiger partial charge in [-0.15, -0.1) is 21.5 Å². The van der Waals surface area contributed by atoms with E-state index in [4.69, 9.17) is 16.6 Å². The first kappa shape index (κ1) is 22.5. The van der Waals surface area contributed by atoms with Crippen molar-refractivity contribution in [2.24, 2.45) is 7.05 Å². The van der Waals surface area contributed by atoms with Crippen LogP contribution >= 0.6 is 34.7 Å². The molecule has 0 aliphatic heterocycles. The number of amides is 1. The second-order valence-corrected chi connectivity index (χ2v) is 9.62. The van der Waals surface area contributed by atoms with Crippen molar-refractivity contribution in [2.75, 3.05) is 4.90 Å². The van der Waals surface area contributed by atoms with Gasteiger partial charge in [-0.05, 0) is 61.4 Å². The number of thiazole rings is 1. The quantitative estimate of drug-likeness (QED) is 0.306. The Morgan fingerprint density at radius 3 is 2.56 bits per heavy atom. The summed E-state index contributed by atoms with van der Waals surface area (Å²) in [5.41, 5.74) is 5.00. The Bertz CT molecular complexity index is 1270. The predicted octanol–water partition coefficient (Wildman–Crippen LogP) is 6.19. The fraction of sp³-hybridized carbons (Fsp3) is 0.217. The second-order valence-electron chi connectivity index (χ2n) is 7.41. The van der Waals surface area contributed by atoms with Gasteiger partial charge in [-0.25, -0.2) is 4.98 Å². The lowest BCUT2D eigenvalue weighted by Crippen LogP contribution is -2.22. The molecule has 2 aromatic heterocycles. The van der Waals surface area contributed by atoms with E-state index in [0.29, 0.717) is 15.9 Å². The molecular weight excluding hydrogens is 462 g/mol. The number of carbonyl (C=O) groups excluding carboxylic acids is 1. The molecule has 32 heavy (non-hydrogen) atoms. The van der Waals surface area contributed by atoms with Crippen LogP contribution in [0.1, 0.15) is 23.7 Å². The van der Waals surface area contributed by atoms with Crippen molar-refractivity contribution in [1.82, 2.24) is 19.7 Å². The molecule has 1 amide bonds. The van der Waals surface area contributed by atoms with Crippen LogP contribution in [0.2, 0.25) is 5.02 Å². The van der Waals surface area contributed by atoms with Gasteiger partial charge in [0.2, 0.25) is 5.91 Å². The smallest absolute Gasteiger partial charge is 0.230 e. The lowest BCUT2D eigenvalue weighted by atomic mass is 10.1. The van der Waals surface area contributed by atoms with Crippen LogP contribution in [0.25, 0.3) is 11.4 Å². The molecule has 0 atom stereocenters. The highest BCUT2D eigenvalue weighted by Crippen LogP contribution is 2.32. The molecule has 0 saturated heterocycles. The van der Waals surface area contributed by atoms with Crippen LogP contribution in [0.3, 0.4) is 0 Å². The molecule has 0 fully saturated rings. The van der Waals surface area contributed by atoms with Crippen LogP contribution in [0.15, 0.2) is 53.0 Å². The Morgan fingerprint density at radius 1 is 1.12 bits per heavy atom. The highest BCUT2D eigenvalue weighted by Gasteiger charge is 2.19. The first-order valence-electron chi connectivity index (χ1n) is 9.94. The summed E-state index contributed by atoms with van der Waals surface area (Å²) in [6.07, 6.45) is 0. The van der Waals surface area contributed by atoms with Crippen molar-refractivity contribution in [3.05, 3.63) is 69.7 Å². The maximum Gasteiger partial charge on any atom is 0.230 e. The topological polar surface area (TPSA) is 63.9 Å². The zero-order valence-corrected chi connectivity index (χ0v) is 20.6. The van der Waals surface area contributed by atoms with Gasteiger partial charge < -0.3 is 4.57 Å². The van der Waals surface area contributed by atoms with Crippen LogP contribution in [-0.4, -0.2) is 25.7 Å². The van der Waals surface area contributed by atoms with Crippen molar-refractivity contribution in [3.8, 4) is 11.4 Å². The Morgan fingerprint density at radius 2 is 1.88 bits per heavy atom. The maximum atomic E-state index is 12.4. The molecule has 9 heteroatoms. The average molecular weight is 484 g/mol. The van der Waals surface area contributed by atoms with Gasteiger partial charge in [-0.3, -0.25) is 9.69 Å². The minimum Gasteiger partial charge on any atom is -0.305 e. The average Bonchev–Trinajstić information content (AvgIpc) is 3.36. The number of anilines is 2. The Hall–Kier alpha value is -2.68. The van der Waals surface area contributed by atoms with E-state index in [-0.39, 0.29) is 5.91 Å². The highest BCUT2D eigenvalue weighted by atomic mass is 35.5. The van der Waals surface area contributed by atoms with Crippen LogP contribution in [-0.2, 0) is 17.6 Å². The zero-order chi connectivity index (χ0) is 22.8. The van der Waals surface area contributed by atoms with E-state index in [1.165, 1.54) is 16.9 Å². The third-order valence-electron chi connectivity index (χ3n) is 5.08. The Kier molecular flexibility index (Phi) is 6.64. The van der Waals surface area contributed by atoms with Crippen molar-refractivity contribution in [3.63, 3.8) is 0 Å². The van der Waals surface area contributed by atoms with Crippen molar-refractivity contribution in [2.45, 2.75) is 31.7 Å². The molecule has 6 nitrogen and oxygen atoms in total. The van der Waals surface area contributed by atoms with Crippen LogP contribution < -0.4 is 4.90 Å². The first-order valence-corrected chi connectivity index (χ1v) is 12.2. The van der Waals surface area contributed by atoms with Crippen molar-refractivity contribution < 1.29 is 4.79 Å². The zero-order valence-electron chi connectivity index (χ0n) is 18.2. The molecule has 164 valence electrons. The second kappa shape index (κ2) is 9.44. The molecule has 2 heterocycles. The first-order chi connectivity index (χ1) is 15.3. The molecule has 4 rings (SSSR count). The monoisotopic (exact) mass is 483 g/mol. The molecule has 0 unspecified atom stereocenters. The normalized spacial score (nSPS) is 11.0. The van der Waals surface area contributed by atoms with E-state index < -0.39 is 0 Å². The molecule has 0 bridgehead atoms. The minimum absolute atomic E-state index is 0.0669. The number of thioether (sulfide) groups is 1. The minimum atomic E-state index is -0.0669. The van der Waals surface area contributed by atoms with E-state index in [1.54, 1.807) is 23.6 Å². The number of hydrogen-bond acceptors (Lipinski definition) is 6. The fourth-order valence-electron chi connectivity index (χ4n) is 3.19. The van der Waals surface area contributed by atoms with Crippen LogP contribution in [0.4, 0.5) is 10.8 Å². The van der Waals surface area contributed by atoms with Gasteiger partial charge in [-0.1, -0.05) is 29.4 Å². The summed E-state index contributed by atoms with van der Waals surface area (Å²) >= 11 is 9.00. The van der Waals surface area contributed by atoms with Gasteiger partial charge in [0.1, 0.15) is 0 Å². The van der Waals surface area contributed by atoms with E-state index in [1.807, 2.05) is 66.4 Å². The summed E-state index contributed by atoms with van der Waals surface area (Å²) in [5.74, 6) is 1.34. The summed E-state index contributed by atoms with van der Waals surface area (Å²) in [6, 6.07) is 13.5. The molecule has 4 aromatic rings. The molecular formula is C23H22ClN5OS2. The number of halogens is 1. The number of aromatic nitrogens is 4. The van der Waals surface area contributed by atoms with Crippen molar-refractivity contribution >= 4 is 51.4 Å². The number of hydrogen-bond donors (Lipinski definition) is 0. The number of rotatable bonds is 6. The summed E-state index contributed by atoms with van der Waals surface area (Å²) in [6.45, 7) is 5.66. The number of benzene rings is 2. The molecule has 2 aromatic carbocycles. The summed E-state index contributed by atoms with van der Waals surface area (Å²) in [5, 5.41) is 12.8. The van der Waals surface area contributed by atoms with Crippen LogP contribution in [0, 0.1) is 13.8 Å². The fourth-order valence-corrected chi connectivity index (χ4v) is 5.11. The SMILES string of the molecule is CC(=O)N(c1ccc(C)c(C)c1)c1nc(CSc2nnc(-c3ccc(Cl)cc3)n2C)cs1.